The summed E-state index contributed by atoms with van der Waals surface area (Å²) >= 11 is 0. The molecule has 2 unspecified atom stereocenters. The maximum atomic E-state index is 9.44. The van der Waals surface area contributed by atoms with Gasteiger partial charge in [-0.1, -0.05) is 0 Å². The summed E-state index contributed by atoms with van der Waals surface area (Å²) in [6, 6.07) is 0. The van der Waals surface area contributed by atoms with Gasteiger partial charge in [-0.05, 0) is 0 Å². The molecule has 0 saturated carbocycles. The van der Waals surface area contributed by atoms with E-state index in [1.165, 1.54) is 0 Å². The van der Waals surface area contributed by atoms with Crippen LogP contribution in [0.25, 0.3) is 0 Å². The smallest absolute Gasteiger partial charge is 0.323 e. The van der Waals surface area contributed by atoms with Crippen LogP contribution in [0.2, 0.25) is 0 Å². The van der Waals surface area contributed by atoms with E-state index in [1.807, 2.05) is 0 Å². The van der Waals surface area contributed by atoms with Gasteiger partial charge in [0.15, 0.2) is 0 Å². The van der Waals surface area contributed by atoms with Crippen molar-refractivity contribution in [2.24, 2.45) is 0 Å². The molecule has 0 aliphatic heterocycles. The normalized spacial score (nSPS) is 14.7. The topological polar surface area (TPSA) is 83.8 Å². The number of rotatable bonds is 2. The van der Waals surface area contributed by atoms with Crippen LogP contribution in [-0.2, 0) is 13.4 Å². The van der Waals surface area contributed by atoms with E-state index >= 15 is 0 Å². The molecular weight excluding hydrogens is 166 g/mol. The van der Waals surface area contributed by atoms with E-state index in [-0.39, 0.29) is 0 Å². The zero-order chi connectivity index (χ0) is 7.86. The Morgan fingerprint density at radius 3 is 1.33 bits per heavy atom. The number of hydrogen-bond acceptors (Lipinski definition) is 3. The molecule has 54 valence electrons. The summed E-state index contributed by atoms with van der Waals surface area (Å²) in [5, 5.41) is 0. The van der Waals surface area contributed by atoms with Gasteiger partial charge in [-0.15, -0.1) is 12.8 Å². The molecule has 0 amide bonds. The van der Waals surface area contributed by atoms with E-state index in [1.54, 1.807) is 0 Å². The highest BCUT2D eigenvalue weighted by molar-refractivity contribution is 7.46. The summed E-state index contributed by atoms with van der Waals surface area (Å²) in [5.41, 5.74) is 0. The van der Waals surface area contributed by atoms with Crippen molar-refractivity contribution in [2.45, 2.75) is 0 Å². The Hall–Kier alpha value is -0.100. The average molecular weight is 172 g/mol. The van der Waals surface area contributed by atoms with Gasteiger partial charge in [-0.2, -0.15) is 0 Å². The lowest BCUT2D eigenvalue weighted by atomic mass is 11.4. The number of hydrogen-bond donors (Lipinski definition) is 2. The molecule has 0 heterocycles. The Morgan fingerprint density at radius 2 is 1.33 bits per heavy atom. The first-order valence-corrected chi connectivity index (χ1v) is 4.12. The van der Waals surface area contributed by atoms with Crippen LogP contribution < -0.4 is 0 Å². The third-order valence-corrected chi connectivity index (χ3v) is 1.57. The molecule has 0 fully saturated rings. The fraction of sp³-hybridized carbons (Fsp3) is 0. The quantitative estimate of drug-likeness (QED) is 0.453. The molecule has 0 aromatic heterocycles. The minimum Gasteiger partial charge on any atom is -0.326 e. The largest absolute Gasteiger partial charge is 0.326 e. The lowest BCUT2D eigenvalue weighted by Crippen LogP contribution is -1.58. The van der Waals surface area contributed by atoms with Gasteiger partial charge in [0, 0.05) is 0 Å². The lowest BCUT2D eigenvalue weighted by Gasteiger charge is -1.86. The Bertz CT molecular complexity index is 116. The second-order valence-electron chi connectivity index (χ2n) is 0.634. The molecule has 0 aliphatic carbocycles. The van der Waals surface area contributed by atoms with Crippen LogP contribution in [0.15, 0.2) is 0 Å². The molecule has 0 radical (unpaired) electrons. The van der Waals surface area contributed by atoms with Gasteiger partial charge in [0.2, 0.25) is 0 Å². The van der Waals surface area contributed by atoms with Gasteiger partial charge in [0.05, 0.1) is 0 Å². The molecular formula is C2H6O5P2. The van der Waals surface area contributed by atoms with Gasteiger partial charge < -0.3 is 9.79 Å². The molecule has 0 aromatic carbocycles. The second-order valence-corrected chi connectivity index (χ2v) is 2.51. The molecule has 0 rings (SSSR count). The van der Waals surface area contributed by atoms with Crippen molar-refractivity contribution in [1.82, 2.24) is 0 Å². The molecule has 0 aromatic rings. The monoisotopic (exact) mass is 172 g/mol. The molecule has 2 N–H and O–H groups in total. The lowest BCUT2D eigenvalue weighted by molar-refractivity contribution is 0.371. The van der Waals surface area contributed by atoms with Crippen LogP contribution in [-0.4, -0.2) is 9.79 Å². The van der Waals surface area contributed by atoms with Crippen LogP contribution in [0.5, 0.6) is 0 Å². The maximum absolute atomic E-state index is 9.44. The fourth-order valence-corrected chi connectivity index (χ4v) is 0.672. The summed E-state index contributed by atoms with van der Waals surface area (Å²) in [6.45, 7) is 0. The predicted molar refractivity (Wildman–Crippen MR) is 33.4 cm³/mol. The van der Waals surface area contributed by atoms with Gasteiger partial charge in [0.25, 0.3) is 0 Å². The van der Waals surface area contributed by atoms with E-state index in [0.717, 1.165) is 0 Å². The van der Waals surface area contributed by atoms with Crippen molar-refractivity contribution < 1.29 is 23.2 Å². The third-order valence-electron chi connectivity index (χ3n) is 0.175. The molecule has 9 heavy (non-hydrogen) atoms. The molecule has 0 saturated heterocycles. The van der Waals surface area contributed by atoms with Crippen molar-refractivity contribution in [3.05, 3.63) is 0 Å². The average Bonchev–Trinajstić information content (AvgIpc) is 1.68. The maximum Gasteiger partial charge on any atom is 0.323 e. The Labute approximate surface area is 53.6 Å². The van der Waals surface area contributed by atoms with Crippen molar-refractivity contribution in [2.75, 3.05) is 0 Å². The number of terminal acetylenes is 1. The molecule has 0 aliphatic rings. The predicted octanol–water partition coefficient (Wildman–Crippen LogP) is 0.0164. The van der Waals surface area contributed by atoms with Gasteiger partial charge in [-0.25, -0.2) is 4.31 Å². The molecule has 2 atom stereocenters. The first kappa shape index (κ1) is 11.7. The standard InChI is InChI=1S/C2H2.H4O5P2/c1-2;1-6(2)5-7(3)4/h1-2H;6-7H,(H,1,2)(H,3,4). The summed E-state index contributed by atoms with van der Waals surface area (Å²) in [7, 11) is -6.40. The van der Waals surface area contributed by atoms with E-state index < -0.39 is 16.5 Å². The van der Waals surface area contributed by atoms with E-state index in [0.29, 0.717) is 0 Å². The molecule has 5 nitrogen and oxygen atoms in total. The van der Waals surface area contributed by atoms with Crippen molar-refractivity contribution >= 4 is 16.5 Å². The summed E-state index contributed by atoms with van der Waals surface area (Å²) < 4.78 is 22.3. The van der Waals surface area contributed by atoms with E-state index in [4.69, 9.17) is 9.79 Å². The van der Waals surface area contributed by atoms with Crippen LogP contribution in [0.1, 0.15) is 0 Å². The van der Waals surface area contributed by atoms with Crippen LogP contribution in [0, 0.1) is 12.8 Å². The Kier molecular flexibility index (Phi) is 10.2. The van der Waals surface area contributed by atoms with Gasteiger partial charge in [0.1, 0.15) is 0 Å². The zero-order valence-electron chi connectivity index (χ0n) is 4.27. The minimum absolute atomic E-state index is 3.20. The minimum atomic E-state index is -3.20. The Morgan fingerprint density at radius 1 is 1.11 bits per heavy atom. The fourth-order valence-electron chi connectivity index (χ4n) is 0.0747. The highest BCUT2D eigenvalue weighted by Crippen LogP contribution is 2.30. The van der Waals surface area contributed by atoms with Crippen molar-refractivity contribution in [3.63, 3.8) is 0 Å². The third kappa shape index (κ3) is 18.1. The SMILES string of the molecule is C#C.O=[PH](O)O[PH](=O)O. The van der Waals surface area contributed by atoms with E-state index in [2.05, 4.69) is 17.2 Å². The zero-order valence-corrected chi connectivity index (χ0v) is 6.27. The van der Waals surface area contributed by atoms with Gasteiger partial charge >= 0.3 is 16.5 Å². The van der Waals surface area contributed by atoms with Crippen LogP contribution >= 0.6 is 16.5 Å². The van der Waals surface area contributed by atoms with Crippen molar-refractivity contribution in [3.8, 4) is 12.8 Å². The molecule has 7 heteroatoms. The van der Waals surface area contributed by atoms with Gasteiger partial charge in [-0.3, -0.25) is 9.13 Å². The first-order chi connectivity index (χ1) is 4.13. The molecule has 0 bridgehead atoms. The van der Waals surface area contributed by atoms with Crippen LogP contribution in [0.4, 0.5) is 0 Å². The van der Waals surface area contributed by atoms with E-state index in [9.17, 15) is 9.13 Å². The summed E-state index contributed by atoms with van der Waals surface area (Å²) in [6.07, 6.45) is 8.00. The van der Waals surface area contributed by atoms with Crippen molar-refractivity contribution in [1.29, 1.82) is 0 Å². The Balaban J connectivity index is 0. The first-order valence-electron chi connectivity index (χ1n) is 1.60. The summed E-state index contributed by atoms with van der Waals surface area (Å²) in [5.74, 6) is 0. The highest BCUT2D eigenvalue weighted by Gasteiger charge is 1.93. The summed E-state index contributed by atoms with van der Waals surface area (Å²) in [4.78, 5) is 15.4. The second kappa shape index (κ2) is 7.90. The van der Waals surface area contributed by atoms with Crippen LogP contribution in [0.3, 0.4) is 0 Å². The highest BCUT2D eigenvalue weighted by atomic mass is 31.2. The molecule has 0 spiro atoms.